The molecule has 0 aliphatic carbocycles. The maximum atomic E-state index is 13.6. The van der Waals surface area contributed by atoms with E-state index in [-0.39, 0.29) is 5.41 Å². The lowest BCUT2D eigenvalue weighted by molar-refractivity contribution is 0.287. The SMILES string of the molecule is CC1(C)CCCN(c2c(F)c(F)nc(F)c2F)C1. The Kier molecular flexibility index (Phi) is 3.21. The van der Waals surface area contributed by atoms with Crippen LogP contribution in [0.4, 0.5) is 23.2 Å². The van der Waals surface area contributed by atoms with Gasteiger partial charge in [-0.2, -0.15) is 22.5 Å². The third-order valence-corrected chi connectivity index (χ3v) is 3.19. The van der Waals surface area contributed by atoms with Crippen LogP contribution < -0.4 is 4.90 Å². The number of aromatic nitrogens is 1. The third kappa shape index (κ3) is 2.28. The first-order valence-electron chi connectivity index (χ1n) is 5.77. The molecule has 1 fully saturated rings. The van der Waals surface area contributed by atoms with Crippen molar-refractivity contribution in [2.45, 2.75) is 26.7 Å². The summed E-state index contributed by atoms with van der Waals surface area (Å²) in [5.41, 5.74) is -0.791. The molecule has 2 nitrogen and oxygen atoms in total. The van der Waals surface area contributed by atoms with Crippen molar-refractivity contribution < 1.29 is 17.6 Å². The molecule has 1 aromatic heterocycles. The van der Waals surface area contributed by atoms with Gasteiger partial charge in [0, 0.05) is 13.1 Å². The van der Waals surface area contributed by atoms with Gasteiger partial charge < -0.3 is 4.90 Å². The smallest absolute Gasteiger partial charge is 0.253 e. The van der Waals surface area contributed by atoms with E-state index in [4.69, 9.17) is 0 Å². The van der Waals surface area contributed by atoms with Crippen molar-refractivity contribution in [1.29, 1.82) is 0 Å². The summed E-state index contributed by atoms with van der Waals surface area (Å²) in [5, 5.41) is 0. The molecule has 100 valence electrons. The van der Waals surface area contributed by atoms with Crippen LogP contribution in [0.15, 0.2) is 0 Å². The maximum Gasteiger partial charge on any atom is 0.253 e. The fourth-order valence-corrected chi connectivity index (χ4v) is 2.37. The summed E-state index contributed by atoms with van der Waals surface area (Å²) in [5.74, 6) is -6.06. The van der Waals surface area contributed by atoms with E-state index in [9.17, 15) is 17.6 Å². The van der Waals surface area contributed by atoms with Crippen molar-refractivity contribution in [3.8, 4) is 0 Å². The van der Waals surface area contributed by atoms with Gasteiger partial charge in [-0.1, -0.05) is 13.8 Å². The predicted octanol–water partition coefficient (Wildman–Crippen LogP) is 3.26. The van der Waals surface area contributed by atoms with Gasteiger partial charge in [0.2, 0.25) is 11.6 Å². The largest absolute Gasteiger partial charge is 0.366 e. The second-order valence-corrected chi connectivity index (χ2v) is 5.36. The third-order valence-electron chi connectivity index (χ3n) is 3.19. The van der Waals surface area contributed by atoms with Gasteiger partial charge >= 0.3 is 0 Å². The van der Waals surface area contributed by atoms with Crippen LogP contribution in [0.1, 0.15) is 26.7 Å². The fourth-order valence-electron chi connectivity index (χ4n) is 2.37. The van der Waals surface area contributed by atoms with Crippen LogP contribution in [0.25, 0.3) is 0 Å². The van der Waals surface area contributed by atoms with Crippen LogP contribution in [0.2, 0.25) is 0 Å². The summed E-state index contributed by atoms with van der Waals surface area (Å²) in [6.45, 7) is 4.62. The number of rotatable bonds is 1. The van der Waals surface area contributed by atoms with Crippen molar-refractivity contribution in [3.05, 3.63) is 23.5 Å². The summed E-state index contributed by atoms with van der Waals surface area (Å²) in [6, 6.07) is 0. The Morgan fingerprint density at radius 2 is 1.61 bits per heavy atom. The van der Waals surface area contributed by atoms with E-state index in [1.54, 1.807) is 0 Å². The Bertz CT molecular complexity index is 447. The van der Waals surface area contributed by atoms with E-state index in [0.29, 0.717) is 13.1 Å². The molecule has 1 aliphatic rings. The molecule has 0 atom stereocenters. The fraction of sp³-hybridized carbons (Fsp3) is 0.583. The van der Waals surface area contributed by atoms with Gasteiger partial charge in [-0.3, -0.25) is 0 Å². The minimum absolute atomic E-state index is 0.145. The first-order chi connectivity index (χ1) is 8.32. The molecule has 1 saturated heterocycles. The van der Waals surface area contributed by atoms with Crippen molar-refractivity contribution in [1.82, 2.24) is 4.98 Å². The van der Waals surface area contributed by atoms with Crippen LogP contribution in [0.3, 0.4) is 0 Å². The molecule has 0 bridgehead atoms. The van der Waals surface area contributed by atoms with Gasteiger partial charge in [-0.25, -0.2) is 0 Å². The second kappa shape index (κ2) is 4.40. The lowest BCUT2D eigenvalue weighted by atomic mass is 9.84. The number of anilines is 1. The van der Waals surface area contributed by atoms with Gasteiger partial charge in [-0.15, -0.1) is 0 Å². The van der Waals surface area contributed by atoms with Gasteiger partial charge in [0.25, 0.3) is 11.9 Å². The van der Waals surface area contributed by atoms with Gasteiger partial charge in [0.1, 0.15) is 5.69 Å². The zero-order valence-electron chi connectivity index (χ0n) is 10.2. The van der Waals surface area contributed by atoms with Gasteiger partial charge in [0.05, 0.1) is 0 Å². The molecule has 0 amide bonds. The highest BCUT2D eigenvalue weighted by Gasteiger charge is 2.32. The number of piperidine rings is 1. The molecule has 6 heteroatoms. The van der Waals surface area contributed by atoms with E-state index < -0.39 is 29.2 Å². The normalized spacial score (nSPS) is 19.1. The zero-order valence-corrected chi connectivity index (χ0v) is 10.2. The first kappa shape index (κ1) is 13.1. The average molecular weight is 262 g/mol. The number of hydrogen-bond donors (Lipinski definition) is 0. The van der Waals surface area contributed by atoms with E-state index >= 15 is 0 Å². The van der Waals surface area contributed by atoms with Crippen LogP contribution in [0.5, 0.6) is 0 Å². The molecular weight excluding hydrogens is 248 g/mol. The summed E-state index contributed by atoms with van der Waals surface area (Å²) >= 11 is 0. The number of pyridine rings is 1. The summed E-state index contributed by atoms with van der Waals surface area (Å²) < 4.78 is 53.3. The van der Waals surface area contributed by atoms with Crippen LogP contribution in [-0.2, 0) is 0 Å². The molecule has 0 unspecified atom stereocenters. The van der Waals surface area contributed by atoms with Crippen LogP contribution >= 0.6 is 0 Å². The Labute approximate surface area is 103 Å². The van der Waals surface area contributed by atoms with Crippen LogP contribution in [0, 0.1) is 28.9 Å². The van der Waals surface area contributed by atoms with Crippen molar-refractivity contribution in [2.24, 2.45) is 5.41 Å². The maximum absolute atomic E-state index is 13.6. The van der Waals surface area contributed by atoms with E-state index in [1.165, 1.54) is 4.90 Å². The minimum Gasteiger partial charge on any atom is -0.366 e. The summed E-state index contributed by atoms with van der Waals surface area (Å²) in [4.78, 5) is 3.90. The Morgan fingerprint density at radius 1 is 1.06 bits per heavy atom. The zero-order chi connectivity index (χ0) is 13.5. The lowest BCUT2D eigenvalue weighted by Crippen LogP contribution is -2.41. The number of nitrogens with zero attached hydrogens (tertiary/aromatic N) is 2. The monoisotopic (exact) mass is 262 g/mol. The highest BCUT2D eigenvalue weighted by molar-refractivity contribution is 5.49. The molecule has 0 radical (unpaired) electrons. The molecule has 0 aromatic carbocycles. The van der Waals surface area contributed by atoms with E-state index in [1.807, 2.05) is 13.8 Å². The lowest BCUT2D eigenvalue weighted by Gasteiger charge is -2.39. The highest BCUT2D eigenvalue weighted by atomic mass is 19.2. The highest BCUT2D eigenvalue weighted by Crippen LogP contribution is 2.34. The molecule has 18 heavy (non-hydrogen) atoms. The molecular formula is C12H14F4N2. The molecule has 2 rings (SSSR count). The van der Waals surface area contributed by atoms with Crippen LogP contribution in [-0.4, -0.2) is 18.1 Å². The molecule has 0 saturated carbocycles. The second-order valence-electron chi connectivity index (χ2n) is 5.36. The average Bonchev–Trinajstić information content (AvgIpc) is 2.25. The van der Waals surface area contributed by atoms with E-state index in [2.05, 4.69) is 4.98 Å². The number of hydrogen-bond acceptors (Lipinski definition) is 2. The van der Waals surface area contributed by atoms with Gasteiger partial charge in [-0.05, 0) is 18.3 Å². The standard InChI is InChI=1S/C12H14F4N2/c1-12(2)4-3-5-18(6-12)9-7(13)10(15)17-11(16)8(9)14/h3-6H2,1-2H3. The quantitative estimate of drug-likeness (QED) is 0.570. The molecule has 2 heterocycles. The Hall–Kier alpha value is -1.33. The Balaban J connectivity index is 2.44. The summed E-state index contributed by atoms with van der Waals surface area (Å²) in [7, 11) is 0. The van der Waals surface area contributed by atoms with E-state index in [0.717, 1.165) is 12.8 Å². The van der Waals surface area contributed by atoms with Crippen molar-refractivity contribution in [2.75, 3.05) is 18.0 Å². The predicted molar refractivity (Wildman–Crippen MR) is 59.3 cm³/mol. The topological polar surface area (TPSA) is 16.1 Å². The number of halogens is 4. The first-order valence-corrected chi connectivity index (χ1v) is 5.77. The summed E-state index contributed by atoms with van der Waals surface area (Å²) in [6.07, 6.45) is 1.63. The Morgan fingerprint density at radius 3 is 2.11 bits per heavy atom. The van der Waals surface area contributed by atoms with Gasteiger partial charge in [0.15, 0.2) is 0 Å². The molecule has 0 N–H and O–H groups in total. The minimum atomic E-state index is -1.60. The molecule has 0 spiro atoms. The molecule has 1 aromatic rings. The molecule has 1 aliphatic heterocycles. The van der Waals surface area contributed by atoms with Crippen molar-refractivity contribution >= 4 is 5.69 Å². The van der Waals surface area contributed by atoms with Crippen molar-refractivity contribution in [3.63, 3.8) is 0 Å².